The largest absolute Gasteiger partial charge is 0.457 e. The molecule has 0 aliphatic heterocycles. The summed E-state index contributed by atoms with van der Waals surface area (Å²) in [7, 11) is 0. The van der Waals surface area contributed by atoms with Crippen LogP contribution < -0.4 is 0 Å². The van der Waals surface area contributed by atoms with Gasteiger partial charge in [0.05, 0.1) is 5.56 Å². The predicted octanol–water partition coefficient (Wildman–Crippen LogP) is 5.07. The Labute approximate surface area is 155 Å². The minimum atomic E-state index is -0.689. The van der Waals surface area contributed by atoms with E-state index in [0.29, 0.717) is 10.6 Å². The van der Waals surface area contributed by atoms with Crippen LogP contribution in [-0.2, 0) is 11.3 Å². The van der Waals surface area contributed by atoms with Gasteiger partial charge in [-0.1, -0.05) is 48.0 Å². The highest BCUT2D eigenvalue weighted by molar-refractivity contribution is 6.30. The van der Waals surface area contributed by atoms with E-state index < -0.39 is 11.8 Å². The number of ether oxygens (including phenoxy) is 1. The van der Waals surface area contributed by atoms with E-state index >= 15 is 0 Å². The molecule has 130 valence electrons. The zero-order valence-electron chi connectivity index (χ0n) is 13.6. The number of carbonyl (C=O) groups is 2. The van der Waals surface area contributed by atoms with Crippen molar-refractivity contribution in [1.29, 1.82) is 0 Å². The Morgan fingerprint density at radius 1 is 0.846 bits per heavy atom. The first-order chi connectivity index (χ1) is 12.6. The van der Waals surface area contributed by atoms with Gasteiger partial charge in [-0.05, 0) is 36.4 Å². The molecule has 0 heterocycles. The number of rotatable bonds is 5. The number of benzene rings is 3. The van der Waals surface area contributed by atoms with Crippen molar-refractivity contribution in [3.05, 3.63) is 106 Å². The van der Waals surface area contributed by atoms with Crippen molar-refractivity contribution >= 4 is 23.4 Å². The third kappa shape index (κ3) is 3.98. The summed E-state index contributed by atoms with van der Waals surface area (Å²) in [6, 6.07) is 18.8. The van der Waals surface area contributed by atoms with Crippen LogP contribution in [0.4, 0.5) is 4.39 Å². The maximum Gasteiger partial charge on any atom is 0.339 e. The van der Waals surface area contributed by atoms with Crippen molar-refractivity contribution in [1.82, 2.24) is 0 Å². The van der Waals surface area contributed by atoms with E-state index in [4.69, 9.17) is 16.3 Å². The average molecular weight is 369 g/mol. The lowest BCUT2D eigenvalue weighted by molar-refractivity contribution is 0.0466. The van der Waals surface area contributed by atoms with Crippen molar-refractivity contribution in [2.24, 2.45) is 0 Å². The molecule has 0 atom stereocenters. The third-order valence-corrected chi connectivity index (χ3v) is 4.07. The minimum absolute atomic E-state index is 0.129. The number of hydrogen-bond acceptors (Lipinski definition) is 3. The van der Waals surface area contributed by atoms with E-state index in [1.54, 1.807) is 54.6 Å². The van der Waals surface area contributed by atoms with Crippen LogP contribution in [0.25, 0.3) is 0 Å². The lowest BCUT2D eigenvalue weighted by Crippen LogP contribution is -2.13. The van der Waals surface area contributed by atoms with E-state index in [0.717, 1.165) is 0 Å². The van der Waals surface area contributed by atoms with E-state index in [-0.39, 0.29) is 29.1 Å². The summed E-state index contributed by atoms with van der Waals surface area (Å²) in [5.41, 5.74) is 1.02. The lowest BCUT2D eigenvalue weighted by atomic mass is 9.98. The monoisotopic (exact) mass is 368 g/mol. The van der Waals surface area contributed by atoms with Crippen LogP contribution in [0.3, 0.4) is 0 Å². The van der Waals surface area contributed by atoms with E-state index in [2.05, 4.69) is 0 Å². The summed E-state index contributed by atoms with van der Waals surface area (Å²) in [6.45, 7) is -0.213. The molecule has 5 heteroatoms. The van der Waals surface area contributed by atoms with Gasteiger partial charge >= 0.3 is 5.97 Å². The number of hydrogen-bond donors (Lipinski definition) is 0. The molecule has 0 N–H and O–H groups in total. The molecule has 3 rings (SSSR count). The molecule has 3 nitrogen and oxygen atoms in total. The quantitative estimate of drug-likeness (QED) is 0.466. The van der Waals surface area contributed by atoms with Crippen LogP contribution >= 0.6 is 11.6 Å². The van der Waals surface area contributed by atoms with Crippen LogP contribution in [0.2, 0.25) is 5.02 Å². The van der Waals surface area contributed by atoms with E-state index in [1.807, 2.05) is 0 Å². The SMILES string of the molecule is O=C(OCc1ccccc1F)c1ccccc1C(=O)c1ccc(Cl)cc1. The Kier molecular flexibility index (Phi) is 5.44. The minimum Gasteiger partial charge on any atom is -0.457 e. The fourth-order valence-electron chi connectivity index (χ4n) is 2.45. The summed E-state index contributed by atoms with van der Waals surface area (Å²) in [4.78, 5) is 25.1. The summed E-state index contributed by atoms with van der Waals surface area (Å²) in [5, 5.41) is 0.513. The molecular weight excluding hydrogens is 355 g/mol. The van der Waals surface area contributed by atoms with Gasteiger partial charge in [0.1, 0.15) is 12.4 Å². The molecule has 0 bridgehead atoms. The van der Waals surface area contributed by atoms with Crippen LogP contribution in [-0.4, -0.2) is 11.8 Å². The third-order valence-electron chi connectivity index (χ3n) is 3.81. The first-order valence-electron chi connectivity index (χ1n) is 7.86. The second-order valence-corrected chi connectivity index (χ2v) is 5.99. The highest BCUT2D eigenvalue weighted by Crippen LogP contribution is 2.18. The summed E-state index contributed by atoms with van der Waals surface area (Å²) >= 11 is 5.84. The maximum atomic E-state index is 13.6. The van der Waals surface area contributed by atoms with Crippen LogP contribution in [0.5, 0.6) is 0 Å². The predicted molar refractivity (Wildman–Crippen MR) is 96.8 cm³/mol. The van der Waals surface area contributed by atoms with Gasteiger partial charge in [0.2, 0.25) is 0 Å². The number of carbonyl (C=O) groups excluding carboxylic acids is 2. The van der Waals surface area contributed by atoms with Crippen molar-refractivity contribution in [2.45, 2.75) is 6.61 Å². The molecule has 0 saturated carbocycles. The molecule has 3 aromatic rings. The second-order valence-electron chi connectivity index (χ2n) is 5.55. The van der Waals surface area contributed by atoms with Gasteiger partial charge in [0, 0.05) is 21.7 Å². The molecule has 0 aliphatic rings. The van der Waals surface area contributed by atoms with Gasteiger partial charge in [0.25, 0.3) is 0 Å². The molecule has 0 radical (unpaired) electrons. The zero-order chi connectivity index (χ0) is 18.5. The molecular formula is C21H14ClFO3. The van der Waals surface area contributed by atoms with Crippen molar-refractivity contribution < 1.29 is 18.7 Å². The molecule has 0 aromatic heterocycles. The van der Waals surface area contributed by atoms with Crippen LogP contribution in [0, 0.1) is 5.82 Å². The molecule has 0 amide bonds. The highest BCUT2D eigenvalue weighted by Gasteiger charge is 2.19. The molecule has 26 heavy (non-hydrogen) atoms. The second kappa shape index (κ2) is 7.93. The normalized spacial score (nSPS) is 10.4. The molecule has 0 spiro atoms. The Morgan fingerprint density at radius 3 is 2.15 bits per heavy atom. The first kappa shape index (κ1) is 17.8. The van der Waals surface area contributed by atoms with Gasteiger partial charge in [-0.25, -0.2) is 9.18 Å². The number of halogens is 2. The molecule has 0 aliphatic carbocycles. The van der Waals surface area contributed by atoms with Crippen molar-refractivity contribution in [2.75, 3.05) is 0 Å². The van der Waals surface area contributed by atoms with Gasteiger partial charge in [0.15, 0.2) is 5.78 Å². The Balaban J connectivity index is 1.82. The fourth-order valence-corrected chi connectivity index (χ4v) is 2.58. The Bertz CT molecular complexity index is 951. The topological polar surface area (TPSA) is 43.4 Å². The van der Waals surface area contributed by atoms with Crippen LogP contribution in [0.1, 0.15) is 31.8 Å². The standard InChI is InChI=1S/C21H14ClFO3/c22-16-11-9-14(10-12-16)20(24)17-6-2-3-7-18(17)21(25)26-13-15-5-1-4-8-19(15)23/h1-12H,13H2. The number of esters is 1. The van der Waals surface area contributed by atoms with Crippen molar-refractivity contribution in [3.63, 3.8) is 0 Å². The van der Waals surface area contributed by atoms with E-state index in [1.165, 1.54) is 18.2 Å². The Hall–Kier alpha value is -2.98. The number of ketones is 1. The smallest absolute Gasteiger partial charge is 0.339 e. The summed E-state index contributed by atoms with van der Waals surface area (Å²) in [6.07, 6.45) is 0. The average Bonchev–Trinajstić information content (AvgIpc) is 2.67. The summed E-state index contributed by atoms with van der Waals surface area (Å²) < 4.78 is 18.8. The molecule has 3 aromatic carbocycles. The summed E-state index contributed by atoms with van der Waals surface area (Å²) in [5.74, 6) is -1.46. The fraction of sp³-hybridized carbons (Fsp3) is 0.0476. The van der Waals surface area contributed by atoms with Crippen molar-refractivity contribution in [3.8, 4) is 0 Å². The first-order valence-corrected chi connectivity index (χ1v) is 8.24. The van der Waals surface area contributed by atoms with Gasteiger partial charge in [-0.2, -0.15) is 0 Å². The molecule has 0 fully saturated rings. The Morgan fingerprint density at radius 2 is 1.46 bits per heavy atom. The molecule has 0 unspecified atom stereocenters. The van der Waals surface area contributed by atoms with Crippen LogP contribution in [0.15, 0.2) is 72.8 Å². The lowest BCUT2D eigenvalue weighted by Gasteiger charge is -2.10. The zero-order valence-corrected chi connectivity index (χ0v) is 14.4. The van der Waals surface area contributed by atoms with E-state index in [9.17, 15) is 14.0 Å². The van der Waals surface area contributed by atoms with Gasteiger partial charge < -0.3 is 4.74 Å². The van der Waals surface area contributed by atoms with Gasteiger partial charge in [-0.3, -0.25) is 4.79 Å². The maximum absolute atomic E-state index is 13.6. The molecule has 0 saturated heterocycles. The highest BCUT2D eigenvalue weighted by atomic mass is 35.5. The van der Waals surface area contributed by atoms with Gasteiger partial charge in [-0.15, -0.1) is 0 Å².